The van der Waals surface area contributed by atoms with Crippen LogP contribution in [0.5, 0.6) is 0 Å². The molecule has 1 aliphatic rings. The molecule has 4 nitrogen and oxygen atoms in total. The van der Waals surface area contributed by atoms with Crippen LogP contribution >= 0.6 is 0 Å². The predicted octanol–water partition coefficient (Wildman–Crippen LogP) is 2.44. The van der Waals surface area contributed by atoms with Crippen molar-refractivity contribution in [1.29, 1.82) is 0 Å². The highest BCUT2D eigenvalue weighted by Gasteiger charge is 2.26. The van der Waals surface area contributed by atoms with E-state index in [9.17, 15) is 9.59 Å². The minimum Gasteiger partial charge on any atom is -0.323 e. The van der Waals surface area contributed by atoms with Gasteiger partial charge in [-0.3, -0.25) is 4.79 Å². The number of hydrogen-bond acceptors (Lipinski definition) is 2. The van der Waals surface area contributed by atoms with Crippen LogP contribution in [0.25, 0.3) is 0 Å². The van der Waals surface area contributed by atoms with Crippen LogP contribution in [0, 0.1) is 12.8 Å². The van der Waals surface area contributed by atoms with E-state index in [1.165, 1.54) is 0 Å². The minimum absolute atomic E-state index is 0.0537. The first-order chi connectivity index (χ1) is 8.56. The number of urea groups is 1. The summed E-state index contributed by atoms with van der Waals surface area (Å²) in [7, 11) is 0. The summed E-state index contributed by atoms with van der Waals surface area (Å²) in [6, 6.07) is 7.56. The Balaban J connectivity index is 1.98. The van der Waals surface area contributed by atoms with Gasteiger partial charge in [0.2, 0.25) is 0 Å². The van der Waals surface area contributed by atoms with Gasteiger partial charge in [-0.05, 0) is 24.6 Å². The molecule has 0 spiro atoms. The molecule has 2 rings (SSSR count). The second-order valence-corrected chi connectivity index (χ2v) is 4.86. The largest absolute Gasteiger partial charge is 0.323 e. The van der Waals surface area contributed by atoms with Gasteiger partial charge in [0.15, 0.2) is 0 Å². The second kappa shape index (κ2) is 5.21. The SMILES string of the molecule is Cc1cccc(NC(=O)N2CCC(=O)C(C)C2)c1. The Morgan fingerprint density at radius 3 is 2.89 bits per heavy atom. The first-order valence-corrected chi connectivity index (χ1v) is 6.21. The van der Waals surface area contributed by atoms with Gasteiger partial charge in [-0.25, -0.2) is 4.79 Å². The van der Waals surface area contributed by atoms with Gasteiger partial charge < -0.3 is 10.2 Å². The van der Waals surface area contributed by atoms with Crippen LogP contribution in [0.4, 0.5) is 10.5 Å². The van der Waals surface area contributed by atoms with Crippen LogP contribution in [0.3, 0.4) is 0 Å². The van der Waals surface area contributed by atoms with Gasteiger partial charge in [0.1, 0.15) is 5.78 Å². The van der Waals surface area contributed by atoms with Crippen LogP contribution < -0.4 is 5.32 Å². The standard InChI is InChI=1S/C14H18N2O2/c1-10-4-3-5-12(8-10)15-14(18)16-7-6-13(17)11(2)9-16/h3-5,8,11H,6-7,9H2,1-2H3,(H,15,18). The van der Waals surface area contributed by atoms with Crippen molar-refractivity contribution >= 4 is 17.5 Å². The number of amides is 2. The average Bonchev–Trinajstić information content (AvgIpc) is 2.32. The van der Waals surface area contributed by atoms with Crippen molar-refractivity contribution in [1.82, 2.24) is 4.90 Å². The summed E-state index contributed by atoms with van der Waals surface area (Å²) in [6.07, 6.45) is 0.461. The molecular formula is C14H18N2O2. The Bertz CT molecular complexity index is 471. The zero-order chi connectivity index (χ0) is 13.1. The normalized spacial score (nSPS) is 19.8. The predicted molar refractivity (Wildman–Crippen MR) is 70.6 cm³/mol. The molecule has 2 amide bonds. The van der Waals surface area contributed by atoms with Crippen molar-refractivity contribution in [2.24, 2.45) is 5.92 Å². The van der Waals surface area contributed by atoms with E-state index in [2.05, 4.69) is 5.32 Å². The molecule has 1 aromatic carbocycles. The van der Waals surface area contributed by atoms with E-state index in [0.29, 0.717) is 19.5 Å². The summed E-state index contributed by atoms with van der Waals surface area (Å²) in [5.74, 6) is 0.191. The molecule has 0 bridgehead atoms. The molecule has 4 heteroatoms. The van der Waals surface area contributed by atoms with Crippen molar-refractivity contribution < 1.29 is 9.59 Å². The van der Waals surface area contributed by atoms with Gasteiger partial charge in [0, 0.05) is 31.1 Å². The van der Waals surface area contributed by atoms with Gasteiger partial charge in [0.25, 0.3) is 0 Å². The van der Waals surface area contributed by atoms with Gasteiger partial charge in [-0.1, -0.05) is 19.1 Å². The van der Waals surface area contributed by atoms with E-state index >= 15 is 0 Å². The summed E-state index contributed by atoms with van der Waals surface area (Å²) in [5, 5.41) is 2.86. The fourth-order valence-corrected chi connectivity index (χ4v) is 2.13. The highest BCUT2D eigenvalue weighted by molar-refractivity contribution is 5.91. The third-order valence-electron chi connectivity index (χ3n) is 3.23. The van der Waals surface area contributed by atoms with Crippen LogP contribution in [0.1, 0.15) is 18.9 Å². The highest BCUT2D eigenvalue weighted by atomic mass is 16.2. The molecule has 0 aliphatic carbocycles. The first-order valence-electron chi connectivity index (χ1n) is 6.21. The first kappa shape index (κ1) is 12.6. The Morgan fingerprint density at radius 1 is 1.44 bits per heavy atom. The molecule has 1 heterocycles. The maximum Gasteiger partial charge on any atom is 0.321 e. The number of likely N-dealkylation sites (tertiary alicyclic amines) is 1. The molecule has 1 unspecified atom stereocenters. The fraction of sp³-hybridized carbons (Fsp3) is 0.429. The molecule has 1 saturated heterocycles. The molecule has 0 saturated carbocycles. The highest BCUT2D eigenvalue weighted by Crippen LogP contribution is 2.15. The van der Waals surface area contributed by atoms with Crippen molar-refractivity contribution in [3.8, 4) is 0 Å². The zero-order valence-corrected chi connectivity index (χ0v) is 10.8. The second-order valence-electron chi connectivity index (χ2n) is 4.86. The summed E-state index contributed by atoms with van der Waals surface area (Å²) in [5.41, 5.74) is 1.90. The molecule has 18 heavy (non-hydrogen) atoms. The Kier molecular flexibility index (Phi) is 3.65. The van der Waals surface area contributed by atoms with Crippen molar-refractivity contribution in [3.63, 3.8) is 0 Å². The number of nitrogens with zero attached hydrogens (tertiary/aromatic N) is 1. The van der Waals surface area contributed by atoms with Gasteiger partial charge in [0.05, 0.1) is 0 Å². The summed E-state index contributed by atoms with van der Waals surface area (Å²) in [4.78, 5) is 25.1. The van der Waals surface area contributed by atoms with E-state index in [0.717, 1.165) is 11.3 Å². The van der Waals surface area contributed by atoms with Gasteiger partial charge in [-0.15, -0.1) is 0 Å². The molecule has 1 fully saturated rings. The number of carbonyl (C=O) groups excluding carboxylic acids is 2. The van der Waals surface area contributed by atoms with Crippen LogP contribution in [0.2, 0.25) is 0 Å². The third kappa shape index (κ3) is 2.88. The minimum atomic E-state index is -0.125. The van der Waals surface area contributed by atoms with Crippen LogP contribution in [-0.4, -0.2) is 29.8 Å². The quantitative estimate of drug-likeness (QED) is 0.827. The average molecular weight is 246 g/mol. The molecule has 0 radical (unpaired) electrons. The van der Waals surface area contributed by atoms with E-state index in [-0.39, 0.29) is 17.7 Å². The fourth-order valence-electron chi connectivity index (χ4n) is 2.13. The number of rotatable bonds is 1. The number of anilines is 1. The number of nitrogens with one attached hydrogen (secondary N) is 1. The Morgan fingerprint density at radius 2 is 2.22 bits per heavy atom. The Labute approximate surface area is 107 Å². The van der Waals surface area contributed by atoms with E-state index in [1.807, 2.05) is 38.1 Å². The van der Waals surface area contributed by atoms with Crippen molar-refractivity contribution in [2.45, 2.75) is 20.3 Å². The van der Waals surface area contributed by atoms with Gasteiger partial charge in [-0.2, -0.15) is 0 Å². The summed E-state index contributed by atoms with van der Waals surface area (Å²) >= 11 is 0. The summed E-state index contributed by atoms with van der Waals surface area (Å²) in [6.45, 7) is 4.88. The molecule has 1 N–H and O–H groups in total. The number of carbonyl (C=O) groups is 2. The van der Waals surface area contributed by atoms with Crippen LogP contribution in [0.15, 0.2) is 24.3 Å². The molecular weight excluding hydrogens is 228 g/mol. The third-order valence-corrected chi connectivity index (χ3v) is 3.23. The van der Waals surface area contributed by atoms with Crippen molar-refractivity contribution in [3.05, 3.63) is 29.8 Å². The smallest absolute Gasteiger partial charge is 0.321 e. The number of Topliss-reactive ketones (excluding diaryl/α,β-unsaturated/α-hetero) is 1. The number of hydrogen-bond donors (Lipinski definition) is 1. The summed E-state index contributed by atoms with van der Waals surface area (Å²) < 4.78 is 0. The lowest BCUT2D eigenvalue weighted by atomic mass is 9.99. The molecule has 0 aromatic heterocycles. The molecule has 1 atom stereocenters. The van der Waals surface area contributed by atoms with Crippen LogP contribution in [-0.2, 0) is 4.79 Å². The van der Waals surface area contributed by atoms with Crippen molar-refractivity contribution in [2.75, 3.05) is 18.4 Å². The number of benzene rings is 1. The van der Waals surface area contributed by atoms with E-state index in [1.54, 1.807) is 4.90 Å². The maximum atomic E-state index is 12.0. The number of ketones is 1. The zero-order valence-electron chi connectivity index (χ0n) is 10.8. The molecule has 1 aliphatic heterocycles. The lowest BCUT2D eigenvalue weighted by Gasteiger charge is -2.30. The topological polar surface area (TPSA) is 49.4 Å². The lowest BCUT2D eigenvalue weighted by molar-refractivity contribution is -0.124. The lowest BCUT2D eigenvalue weighted by Crippen LogP contribution is -2.45. The maximum absolute atomic E-state index is 12.0. The molecule has 96 valence electrons. The Hall–Kier alpha value is -1.84. The van der Waals surface area contributed by atoms with E-state index < -0.39 is 0 Å². The number of piperidine rings is 1. The monoisotopic (exact) mass is 246 g/mol. The molecule has 1 aromatic rings. The van der Waals surface area contributed by atoms with Gasteiger partial charge >= 0.3 is 6.03 Å². The van der Waals surface area contributed by atoms with E-state index in [4.69, 9.17) is 0 Å². The number of aryl methyl sites for hydroxylation is 1.